The Morgan fingerprint density at radius 3 is 2.65 bits per heavy atom. The summed E-state index contributed by atoms with van der Waals surface area (Å²) < 4.78 is 0. The number of carboxylic acids is 1. The van der Waals surface area contributed by atoms with Gasteiger partial charge in [0, 0.05) is 38.0 Å². The largest absolute Gasteiger partial charge is 0.480 e. The molecule has 0 aromatic rings. The van der Waals surface area contributed by atoms with E-state index in [9.17, 15) is 9.59 Å². The first kappa shape index (κ1) is 17.1. The van der Waals surface area contributed by atoms with Crippen LogP contribution in [0.15, 0.2) is 0 Å². The summed E-state index contributed by atoms with van der Waals surface area (Å²) in [6, 6.07) is 0.180. The first-order valence-corrected chi connectivity index (χ1v) is 8.44. The minimum absolute atomic E-state index is 0.0249. The number of nitrogens with zero attached hydrogens (tertiary/aromatic N) is 2. The third-order valence-electron chi connectivity index (χ3n) is 3.42. The molecule has 0 radical (unpaired) electrons. The van der Waals surface area contributed by atoms with Gasteiger partial charge in [-0.05, 0) is 19.1 Å². The fourth-order valence-electron chi connectivity index (χ4n) is 2.25. The normalized spacial score (nSPS) is 18.4. The van der Waals surface area contributed by atoms with Crippen molar-refractivity contribution in [3.8, 4) is 0 Å². The van der Waals surface area contributed by atoms with E-state index in [4.69, 9.17) is 5.11 Å². The predicted molar refractivity (Wildman–Crippen MR) is 81.3 cm³/mol. The Morgan fingerprint density at radius 1 is 1.30 bits per heavy atom. The number of carboxylic acid groups (broad SMARTS) is 1. The second kappa shape index (κ2) is 9.07. The van der Waals surface area contributed by atoms with E-state index in [0.717, 1.165) is 25.1 Å². The SMILES string of the molecule is CCC(CSC)NC(=O)N1CCCN(CC(=O)O)CC1. The van der Waals surface area contributed by atoms with E-state index in [0.29, 0.717) is 19.6 Å². The van der Waals surface area contributed by atoms with E-state index in [1.165, 1.54) is 0 Å². The molecule has 0 aromatic heterocycles. The highest BCUT2D eigenvalue weighted by molar-refractivity contribution is 7.98. The summed E-state index contributed by atoms with van der Waals surface area (Å²) in [6.07, 6.45) is 3.77. The van der Waals surface area contributed by atoms with Gasteiger partial charge in [0.1, 0.15) is 0 Å². The molecule has 7 heteroatoms. The summed E-state index contributed by atoms with van der Waals surface area (Å²) in [6.45, 7) is 4.77. The number of urea groups is 1. The molecular formula is C13H25N3O3S. The van der Waals surface area contributed by atoms with Crippen molar-refractivity contribution in [2.24, 2.45) is 0 Å². The van der Waals surface area contributed by atoms with Crippen molar-refractivity contribution >= 4 is 23.8 Å². The van der Waals surface area contributed by atoms with Crippen molar-refractivity contribution < 1.29 is 14.7 Å². The van der Waals surface area contributed by atoms with Crippen molar-refractivity contribution in [2.75, 3.05) is 44.7 Å². The molecule has 1 aliphatic rings. The lowest BCUT2D eigenvalue weighted by Gasteiger charge is -2.24. The van der Waals surface area contributed by atoms with Crippen LogP contribution in [0.2, 0.25) is 0 Å². The molecule has 0 bridgehead atoms. The molecular weight excluding hydrogens is 278 g/mol. The number of carbonyl (C=O) groups is 2. The lowest BCUT2D eigenvalue weighted by atomic mass is 10.2. The average molecular weight is 303 g/mol. The van der Waals surface area contributed by atoms with Gasteiger partial charge >= 0.3 is 12.0 Å². The topological polar surface area (TPSA) is 72.9 Å². The highest BCUT2D eigenvalue weighted by Crippen LogP contribution is 2.06. The Morgan fingerprint density at radius 2 is 2.05 bits per heavy atom. The number of carbonyl (C=O) groups excluding carboxylic acids is 1. The third kappa shape index (κ3) is 6.00. The highest BCUT2D eigenvalue weighted by atomic mass is 32.2. The third-order valence-corrected chi connectivity index (χ3v) is 4.16. The van der Waals surface area contributed by atoms with Crippen LogP contribution in [0.1, 0.15) is 19.8 Å². The number of hydrogen-bond acceptors (Lipinski definition) is 4. The molecule has 1 aliphatic heterocycles. The molecule has 20 heavy (non-hydrogen) atoms. The van der Waals surface area contributed by atoms with Crippen molar-refractivity contribution in [3.63, 3.8) is 0 Å². The van der Waals surface area contributed by atoms with Crippen LogP contribution < -0.4 is 5.32 Å². The number of nitrogens with one attached hydrogen (secondary N) is 1. The van der Waals surface area contributed by atoms with E-state index >= 15 is 0 Å². The maximum Gasteiger partial charge on any atom is 0.317 e. The van der Waals surface area contributed by atoms with E-state index in [1.54, 1.807) is 16.7 Å². The first-order chi connectivity index (χ1) is 9.56. The van der Waals surface area contributed by atoms with Gasteiger partial charge in [-0.25, -0.2) is 4.79 Å². The minimum atomic E-state index is -0.811. The molecule has 0 aromatic carbocycles. The van der Waals surface area contributed by atoms with Gasteiger partial charge in [0.15, 0.2) is 0 Å². The number of hydrogen-bond donors (Lipinski definition) is 2. The lowest BCUT2D eigenvalue weighted by molar-refractivity contribution is -0.138. The summed E-state index contributed by atoms with van der Waals surface area (Å²) in [5, 5.41) is 11.9. The summed E-state index contributed by atoms with van der Waals surface area (Å²) >= 11 is 1.73. The summed E-state index contributed by atoms with van der Waals surface area (Å²) in [5.74, 6) is 0.107. The van der Waals surface area contributed by atoms with Gasteiger partial charge in [-0.1, -0.05) is 6.92 Å². The first-order valence-electron chi connectivity index (χ1n) is 7.05. The Labute approximate surface area is 124 Å². The predicted octanol–water partition coefficient (Wildman–Crippen LogP) is 0.930. The van der Waals surface area contributed by atoms with Gasteiger partial charge < -0.3 is 15.3 Å². The van der Waals surface area contributed by atoms with Crippen molar-refractivity contribution in [1.82, 2.24) is 15.1 Å². The lowest BCUT2D eigenvalue weighted by Crippen LogP contribution is -2.47. The van der Waals surface area contributed by atoms with Crippen LogP contribution >= 0.6 is 11.8 Å². The molecule has 1 saturated heterocycles. The number of amides is 2. The summed E-state index contributed by atoms with van der Waals surface area (Å²) in [4.78, 5) is 26.6. The van der Waals surface area contributed by atoms with Gasteiger partial charge in [-0.15, -0.1) is 0 Å². The maximum atomic E-state index is 12.2. The van der Waals surface area contributed by atoms with Crippen molar-refractivity contribution in [3.05, 3.63) is 0 Å². The van der Waals surface area contributed by atoms with Crippen LogP contribution in [0.3, 0.4) is 0 Å². The zero-order chi connectivity index (χ0) is 15.0. The molecule has 0 aliphatic carbocycles. The van der Waals surface area contributed by atoms with Crippen LogP contribution in [-0.4, -0.2) is 77.7 Å². The van der Waals surface area contributed by atoms with Gasteiger partial charge in [0.25, 0.3) is 0 Å². The molecule has 1 fully saturated rings. The number of thioether (sulfide) groups is 1. The Kier molecular flexibility index (Phi) is 7.76. The fourth-order valence-corrected chi connectivity index (χ4v) is 2.97. The van der Waals surface area contributed by atoms with Crippen molar-refractivity contribution in [2.45, 2.75) is 25.8 Å². The van der Waals surface area contributed by atoms with Crippen LogP contribution in [-0.2, 0) is 4.79 Å². The summed E-state index contributed by atoms with van der Waals surface area (Å²) in [7, 11) is 0. The maximum absolute atomic E-state index is 12.2. The molecule has 0 saturated carbocycles. The molecule has 1 rings (SSSR count). The molecule has 2 N–H and O–H groups in total. The number of rotatable bonds is 6. The van der Waals surface area contributed by atoms with Crippen LogP contribution in [0.4, 0.5) is 4.79 Å². The van der Waals surface area contributed by atoms with Gasteiger partial charge in [-0.3, -0.25) is 9.69 Å². The monoisotopic (exact) mass is 303 g/mol. The van der Waals surface area contributed by atoms with Gasteiger partial charge in [0.05, 0.1) is 6.54 Å². The smallest absolute Gasteiger partial charge is 0.317 e. The molecule has 2 amide bonds. The molecule has 1 unspecified atom stereocenters. The van der Waals surface area contributed by atoms with E-state index in [2.05, 4.69) is 12.2 Å². The van der Waals surface area contributed by atoms with E-state index in [1.807, 2.05) is 11.2 Å². The molecule has 116 valence electrons. The highest BCUT2D eigenvalue weighted by Gasteiger charge is 2.21. The summed E-state index contributed by atoms with van der Waals surface area (Å²) in [5.41, 5.74) is 0. The zero-order valence-corrected chi connectivity index (χ0v) is 13.1. The molecule has 1 heterocycles. The molecule has 1 atom stereocenters. The zero-order valence-electron chi connectivity index (χ0n) is 12.3. The van der Waals surface area contributed by atoms with Crippen molar-refractivity contribution in [1.29, 1.82) is 0 Å². The minimum Gasteiger partial charge on any atom is -0.480 e. The second-order valence-electron chi connectivity index (χ2n) is 5.02. The van der Waals surface area contributed by atoms with Crippen LogP contribution in [0.25, 0.3) is 0 Å². The van der Waals surface area contributed by atoms with Gasteiger partial charge in [0.2, 0.25) is 0 Å². The van der Waals surface area contributed by atoms with Crippen LogP contribution in [0, 0.1) is 0 Å². The Balaban J connectivity index is 2.43. The quantitative estimate of drug-likeness (QED) is 0.764. The molecule has 0 spiro atoms. The average Bonchev–Trinajstić information content (AvgIpc) is 2.63. The van der Waals surface area contributed by atoms with E-state index < -0.39 is 5.97 Å². The molecule has 6 nitrogen and oxygen atoms in total. The van der Waals surface area contributed by atoms with E-state index in [-0.39, 0.29) is 18.6 Å². The van der Waals surface area contributed by atoms with Gasteiger partial charge in [-0.2, -0.15) is 11.8 Å². The fraction of sp³-hybridized carbons (Fsp3) is 0.846. The Hall–Kier alpha value is -0.950. The standard InChI is InChI=1S/C13H25N3O3S/c1-3-11(10-20-2)14-13(19)16-6-4-5-15(7-8-16)9-12(17)18/h11H,3-10H2,1-2H3,(H,14,19)(H,17,18). The number of aliphatic carboxylic acids is 1. The Bertz CT molecular complexity index is 328. The van der Waals surface area contributed by atoms with Crippen LogP contribution in [0.5, 0.6) is 0 Å². The second-order valence-corrected chi connectivity index (χ2v) is 5.93.